The van der Waals surface area contributed by atoms with Crippen molar-refractivity contribution in [2.24, 2.45) is 0 Å². The Hall–Kier alpha value is -1.98. The number of rotatable bonds is 7. The van der Waals surface area contributed by atoms with Crippen LogP contribution in [0.5, 0.6) is 5.75 Å². The summed E-state index contributed by atoms with van der Waals surface area (Å²) in [5.41, 5.74) is 3.22. The lowest BCUT2D eigenvalue weighted by molar-refractivity contribution is 0.0937. The average molecular weight is 397 g/mol. The van der Waals surface area contributed by atoms with Crippen LogP contribution >= 0.6 is 11.8 Å². The van der Waals surface area contributed by atoms with Gasteiger partial charge in [0.25, 0.3) is 5.91 Å². The summed E-state index contributed by atoms with van der Waals surface area (Å²) in [6, 6.07) is 15.2. The van der Waals surface area contributed by atoms with Crippen LogP contribution in [0.15, 0.2) is 47.4 Å². The predicted octanol–water partition coefficient (Wildman–Crippen LogP) is 3.78. The van der Waals surface area contributed by atoms with Crippen LogP contribution in [-0.4, -0.2) is 49.3 Å². The number of carbonyl (C=O) groups is 1. The van der Waals surface area contributed by atoms with E-state index in [-0.39, 0.29) is 5.91 Å². The Bertz CT molecular complexity index is 825. The Morgan fingerprint density at radius 1 is 1.29 bits per heavy atom. The third-order valence-corrected chi connectivity index (χ3v) is 6.47. The molecule has 2 aromatic rings. The third kappa shape index (κ3) is 4.36. The molecule has 148 valence electrons. The SMILES string of the molecule is CSc1cc2c(c(C(=O)NC[C@H]3CCCN3CCc3ccccc3)c1)OCC2. The van der Waals surface area contributed by atoms with Gasteiger partial charge in [-0.05, 0) is 55.3 Å². The number of carbonyl (C=O) groups excluding carboxylic acids is 1. The van der Waals surface area contributed by atoms with E-state index < -0.39 is 0 Å². The molecule has 4 nitrogen and oxygen atoms in total. The van der Waals surface area contributed by atoms with E-state index in [1.165, 1.54) is 12.0 Å². The van der Waals surface area contributed by atoms with Gasteiger partial charge in [0.15, 0.2) is 0 Å². The summed E-state index contributed by atoms with van der Waals surface area (Å²) in [7, 11) is 0. The van der Waals surface area contributed by atoms with Crippen molar-refractivity contribution < 1.29 is 9.53 Å². The highest BCUT2D eigenvalue weighted by Gasteiger charge is 2.26. The maximum Gasteiger partial charge on any atom is 0.255 e. The van der Waals surface area contributed by atoms with Gasteiger partial charge in [-0.2, -0.15) is 0 Å². The number of hydrogen-bond acceptors (Lipinski definition) is 4. The first-order valence-corrected chi connectivity index (χ1v) is 11.4. The number of amides is 1. The molecular weight excluding hydrogens is 368 g/mol. The number of fused-ring (bicyclic) bond motifs is 1. The molecule has 1 saturated heterocycles. The van der Waals surface area contributed by atoms with Crippen molar-refractivity contribution in [2.45, 2.75) is 36.6 Å². The number of benzene rings is 2. The van der Waals surface area contributed by atoms with Crippen LogP contribution in [0.3, 0.4) is 0 Å². The molecule has 0 spiro atoms. The highest BCUT2D eigenvalue weighted by atomic mass is 32.2. The van der Waals surface area contributed by atoms with Gasteiger partial charge in [-0.1, -0.05) is 30.3 Å². The number of thioether (sulfide) groups is 1. The van der Waals surface area contributed by atoms with Crippen molar-refractivity contribution in [3.63, 3.8) is 0 Å². The molecule has 4 rings (SSSR count). The van der Waals surface area contributed by atoms with Gasteiger partial charge in [-0.3, -0.25) is 9.69 Å². The molecule has 1 fully saturated rings. The van der Waals surface area contributed by atoms with Gasteiger partial charge in [-0.15, -0.1) is 11.8 Å². The van der Waals surface area contributed by atoms with Crippen molar-refractivity contribution in [3.05, 3.63) is 59.2 Å². The van der Waals surface area contributed by atoms with E-state index >= 15 is 0 Å². The molecule has 0 aromatic heterocycles. The molecule has 1 N–H and O–H groups in total. The zero-order valence-corrected chi connectivity index (χ0v) is 17.3. The molecule has 0 radical (unpaired) electrons. The largest absolute Gasteiger partial charge is 0.492 e. The summed E-state index contributed by atoms with van der Waals surface area (Å²) in [6.45, 7) is 3.54. The smallest absolute Gasteiger partial charge is 0.255 e. The summed E-state index contributed by atoms with van der Waals surface area (Å²) in [6.07, 6.45) is 6.34. The second-order valence-electron chi connectivity index (χ2n) is 7.54. The van der Waals surface area contributed by atoms with E-state index in [0.717, 1.165) is 48.6 Å². The van der Waals surface area contributed by atoms with E-state index in [1.54, 1.807) is 11.8 Å². The fourth-order valence-electron chi connectivity index (χ4n) is 4.21. The van der Waals surface area contributed by atoms with Gasteiger partial charge in [-0.25, -0.2) is 0 Å². The minimum Gasteiger partial charge on any atom is -0.492 e. The fourth-order valence-corrected chi connectivity index (χ4v) is 4.71. The van der Waals surface area contributed by atoms with Crippen molar-refractivity contribution in [1.82, 2.24) is 10.2 Å². The maximum absolute atomic E-state index is 12.9. The van der Waals surface area contributed by atoms with E-state index in [2.05, 4.69) is 46.6 Å². The van der Waals surface area contributed by atoms with Crippen LogP contribution in [0, 0.1) is 0 Å². The van der Waals surface area contributed by atoms with Gasteiger partial charge in [0, 0.05) is 30.4 Å². The van der Waals surface area contributed by atoms with E-state index in [4.69, 9.17) is 4.74 Å². The zero-order chi connectivity index (χ0) is 19.3. The fraction of sp³-hybridized carbons (Fsp3) is 0.435. The van der Waals surface area contributed by atoms with Gasteiger partial charge < -0.3 is 10.1 Å². The van der Waals surface area contributed by atoms with Crippen LogP contribution in [0.2, 0.25) is 0 Å². The predicted molar refractivity (Wildman–Crippen MR) is 114 cm³/mol. The second-order valence-corrected chi connectivity index (χ2v) is 8.42. The van der Waals surface area contributed by atoms with E-state index in [1.807, 2.05) is 12.3 Å². The Morgan fingerprint density at radius 3 is 2.96 bits per heavy atom. The second kappa shape index (κ2) is 9.01. The molecule has 2 heterocycles. The van der Waals surface area contributed by atoms with Crippen LogP contribution in [-0.2, 0) is 12.8 Å². The Kier molecular flexibility index (Phi) is 6.23. The Labute approximate surface area is 171 Å². The average Bonchev–Trinajstić information content (AvgIpc) is 3.39. The molecule has 0 saturated carbocycles. The normalized spacial score (nSPS) is 18.7. The summed E-state index contributed by atoms with van der Waals surface area (Å²) in [5, 5.41) is 3.18. The highest BCUT2D eigenvalue weighted by molar-refractivity contribution is 7.98. The molecule has 2 aliphatic heterocycles. The maximum atomic E-state index is 12.9. The zero-order valence-electron chi connectivity index (χ0n) is 16.4. The molecular formula is C23H28N2O2S. The number of likely N-dealkylation sites (tertiary alicyclic amines) is 1. The number of nitrogens with zero attached hydrogens (tertiary/aromatic N) is 1. The Morgan fingerprint density at radius 2 is 2.14 bits per heavy atom. The van der Waals surface area contributed by atoms with Gasteiger partial charge in [0.2, 0.25) is 0 Å². The van der Waals surface area contributed by atoms with Gasteiger partial charge in [0.05, 0.1) is 12.2 Å². The molecule has 1 atom stereocenters. The molecule has 28 heavy (non-hydrogen) atoms. The van der Waals surface area contributed by atoms with Crippen molar-refractivity contribution in [1.29, 1.82) is 0 Å². The summed E-state index contributed by atoms with van der Waals surface area (Å²) in [4.78, 5) is 16.5. The van der Waals surface area contributed by atoms with E-state index in [0.29, 0.717) is 24.8 Å². The van der Waals surface area contributed by atoms with Gasteiger partial charge in [0.1, 0.15) is 5.75 Å². The minimum atomic E-state index is -0.0102. The first-order chi connectivity index (χ1) is 13.7. The Balaban J connectivity index is 1.36. The first kappa shape index (κ1) is 19.3. The molecule has 2 aliphatic rings. The standard InChI is InChI=1S/C23H28N2O2S/c1-28-20-14-18-10-13-27-22(18)21(15-20)23(26)24-16-19-8-5-11-25(19)12-9-17-6-3-2-4-7-17/h2-4,6-7,14-15,19H,5,8-13,16H2,1H3,(H,24,26)/t19-/m1/s1. The molecule has 0 unspecified atom stereocenters. The lowest BCUT2D eigenvalue weighted by Crippen LogP contribution is -2.41. The van der Waals surface area contributed by atoms with E-state index in [9.17, 15) is 4.79 Å². The molecule has 5 heteroatoms. The van der Waals surface area contributed by atoms with Crippen molar-refractivity contribution >= 4 is 17.7 Å². The van der Waals surface area contributed by atoms with Crippen LogP contribution in [0.1, 0.15) is 34.3 Å². The topological polar surface area (TPSA) is 41.6 Å². The van der Waals surface area contributed by atoms with Crippen LogP contribution in [0.4, 0.5) is 0 Å². The molecule has 1 amide bonds. The van der Waals surface area contributed by atoms with Crippen molar-refractivity contribution in [2.75, 3.05) is 32.5 Å². The van der Waals surface area contributed by atoms with Crippen molar-refractivity contribution in [3.8, 4) is 5.75 Å². The first-order valence-electron chi connectivity index (χ1n) is 10.1. The lowest BCUT2D eigenvalue weighted by Gasteiger charge is -2.25. The van der Waals surface area contributed by atoms with Gasteiger partial charge >= 0.3 is 0 Å². The number of ether oxygens (including phenoxy) is 1. The molecule has 0 aliphatic carbocycles. The lowest BCUT2D eigenvalue weighted by atomic mass is 10.1. The third-order valence-electron chi connectivity index (χ3n) is 5.77. The molecule has 2 aromatic carbocycles. The number of hydrogen-bond donors (Lipinski definition) is 1. The number of nitrogens with one attached hydrogen (secondary N) is 1. The monoisotopic (exact) mass is 396 g/mol. The highest BCUT2D eigenvalue weighted by Crippen LogP contribution is 2.33. The summed E-state index contributed by atoms with van der Waals surface area (Å²) >= 11 is 1.67. The van der Waals surface area contributed by atoms with Crippen LogP contribution in [0.25, 0.3) is 0 Å². The summed E-state index contributed by atoms with van der Waals surface area (Å²) < 4.78 is 5.75. The quantitative estimate of drug-likeness (QED) is 0.723. The van der Waals surface area contributed by atoms with Crippen LogP contribution < -0.4 is 10.1 Å². The molecule has 0 bridgehead atoms. The minimum absolute atomic E-state index is 0.0102. The summed E-state index contributed by atoms with van der Waals surface area (Å²) in [5.74, 6) is 0.770.